The maximum atomic E-state index is 12.5. The lowest BCUT2D eigenvalue weighted by Gasteiger charge is -2.20. The summed E-state index contributed by atoms with van der Waals surface area (Å²) in [6, 6.07) is 0. The van der Waals surface area contributed by atoms with E-state index in [1.54, 1.807) is 0 Å². The Kier molecular flexibility index (Phi) is 33.6. The van der Waals surface area contributed by atoms with Crippen LogP contribution in [0.25, 0.3) is 0 Å². The standard InChI is InChI=1S/C37H69O9P/c1-3-5-7-9-11-13-15-17-18-19-21-23-25-27-29-37(40)46-36(34-45-47(41,42)44-32-35(39)31-38)33-43-30-28-26-24-22-20-16-14-12-10-8-6-4-2/h9-12,15,17,35-36,38-39H,3-8,13-14,16,18-34H2,1-2H3,(H,41,42)/b11-9-,12-10-,17-15-. The molecule has 0 aromatic carbocycles. The largest absolute Gasteiger partial charge is 0.472 e. The summed E-state index contributed by atoms with van der Waals surface area (Å²) >= 11 is 0. The number of hydrogen-bond acceptors (Lipinski definition) is 8. The third kappa shape index (κ3) is 34.3. The van der Waals surface area contributed by atoms with E-state index in [0.29, 0.717) is 13.0 Å². The predicted molar refractivity (Wildman–Crippen MR) is 191 cm³/mol. The lowest BCUT2D eigenvalue weighted by molar-refractivity contribution is -0.154. The molecule has 0 fully saturated rings. The molecule has 0 aliphatic carbocycles. The maximum Gasteiger partial charge on any atom is 0.472 e. The fourth-order valence-electron chi connectivity index (χ4n) is 4.64. The minimum Gasteiger partial charge on any atom is -0.457 e. The van der Waals surface area contributed by atoms with Crippen LogP contribution in [0, 0.1) is 0 Å². The van der Waals surface area contributed by atoms with E-state index in [9.17, 15) is 19.4 Å². The Morgan fingerprint density at radius 3 is 1.72 bits per heavy atom. The average Bonchev–Trinajstić information content (AvgIpc) is 3.06. The van der Waals surface area contributed by atoms with Gasteiger partial charge >= 0.3 is 13.8 Å². The molecule has 0 heterocycles. The van der Waals surface area contributed by atoms with Gasteiger partial charge in [0, 0.05) is 13.0 Å². The van der Waals surface area contributed by atoms with Crippen molar-refractivity contribution in [2.75, 3.05) is 33.0 Å². The normalized spacial score (nSPS) is 14.7. The maximum absolute atomic E-state index is 12.5. The quantitative estimate of drug-likeness (QED) is 0.0258. The van der Waals surface area contributed by atoms with Gasteiger partial charge in [0.1, 0.15) is 12.2 Å². The molecule has 0 spiro atoms. The first-order valence-corrected chi connectivity index (χ1v) is 20.0. The molecule has 0 aromatic rings. The molecule has 47 heavy (non-hydrogen) atoms. The van der Waals surface area contributed by atoms with Crippen LogP contribution in [-0.4, -0.2) is 66.3 Å². The molecule has 3 atom stereocenters. The van der Waals surface area contributed by atoms with Gasteiger partial charge in [-0.3, -0.25) is 13.8 Å². The zero-order chi connectivity index (χ0) is 34.7. The van der Waals surface area contributed by atoms with Crippen LogP contribution in [0.3, 0.4) is 0 Å². The number of carbonyl (C=O) groups excluding carboxylic acids is 1. The van der Waals surface area contributed by atoms with Crippen molar-refractivity contribution in [1.82, 2.24) is 0 Å². The van der Waals surface area contributed by atoms with Gasteiger partial charge in [0.2, 0.25) is 0 Å². The van der Waals surface area contributed by atoms with E-state index in [2.05, 4.69) is 50.3 Å². The zero-order valence-corrected chi connectivity index (χ0v) is 30.6. The Balaban J connectivity index is 4.29. The number of phosphoric ester groups is 1. The number of aliphatic hydroxyl groups excluding tert-OH is 2. The highest BCUT2D eigenvalue weighted by Crippen LogP contribution is 2.43. The van der Waals surface area contributed by atoms with Crippen molar-refractivity contribution in [2.24, 2.45) is 0 Å². The van der Waals surface area contributed by atoms with Crippen molar-refractivity contribution in [2.45, 2.75) is 161 Å². The molecule has 0 bridgehead atoms. The molecule has 0 radical (unpaired) electrons. The summed E-state index contributed by atoms with van der Waals surface area (Å²) in [5.74, 6) is -0.401. The van der Waals surface area contributed by atoms with Crippen molar-refractivity contribution in [1.29, 1.82) is 0 Å². The second-order valence-electron chi connectivity index (χ2n) is 12.2. The second-order valence-corrected chi connectivity index (χ2v) is 13.7. The van der Waals surface area contributed by atoms with E-state index in [1.807, 2.05) is 0 Å². The van der Waals surface area contributed by atoms with Gasteiger partial charge in [-0.2, -0.15) is 0 Å². The van der Waals surface area contributed by atoms with Crippen LogP contribution < -0.4 is 0 Å². The highest BCUT2D eigenvalue weighted by molar-refractivity contribution is 7.47. The lowest BCUT2D eigenvalue weighted by atomic mass is 10.1. The monoisotopic (exact) mass is 688 g/mol. The number of phosphoric acid groups is 1. The minimum absolute atomic E-state index is 0.0391. The molecular formula is C37H69O9P. The molecule has 10 heteroatoms. The number of ether oxygens (including phenoxy) is 2. The smallest absolute Gasteiger partial charge is 0.457 e. The number of unbranched alkanes of at least 4 members (excludes halogenated alkanes) is 15. The number of carbonyl (C=O) groups is 1. The van der Waals surface area contributed by atoms with Gasteiger partial charge in [0.05, 0.1) is 26.4 Å². The number of allylic oxidation sites excluding steroid dienone is 6. The Bertz CT molecular complexity index is 831. The van der Waals surface area contributed by atoms with Gasteiger partial charge in [-0.15, -0.1) is 0 Å². The molecule has 9 nitrogen and oxygen atoms in total. The Morgan fingerprint density at radius 2 is 1.15 bits per heavy atom. The zero-order valence-electron chi connectivity index (χ0n) is 29.7. The summed E-state index contributed by atoms with van der Waals surface area (Å²) in [6.45, 7) is 3.39. The van der Waals surface area contributed by atoms with Gasteiger partial charge in [0.15, 0.2) is 0 Å². The summed E-state index contributed by atoms with van der Waals surface area (Å²) in [5, 5.41) is 18.3. The van der Waals surface area contributed by atoms with Crippen LogP contribution in [0.5, 0.6) is 0 Å². The minimum atomic E-state index is -4.51. The molecule has 0 saturated carbocycles. The Hall–Kier alpha value is -1.32. The van der Waals surface area contributed by atoms with E-state index < -0.39 is 39.2 Å². The van der Waals surface area contributed by atoms with Crippen LogP contribution in [0.4, 0.5) is 0 Å². The van der Waals surface area contributed by atoms with Crippen molar-refractivity contribution in [3.63, 3.8) is 0 Å². The molecule has 0 amide bonds. The van der Waals surface area contributed by atoms with Crippen LogP contribution in [-0.2, 0) is 27.9 Å². The van der Waals surface area contributed by atoms with Gasteiger partial charge < -0.3 is 24.6 Å². The topological polar surface area (TPSA) is 132 Å². The predicted octanol–water partition coefficient (Wildman–Crippen LogP) is 9.30. The second kappa shape index (κ2) is 34.5. The fraction of sp³-hybridized carbons (Fsp3) is 0.811. The van der Waals surface area contributed by atoms with E-state index in [-0.39, 0.29) is 19.6 Å². The van der Waals surface area contributed by atoms with Crippen LogP contribution in [0.2, 0.25) is 0 Å². The molecule has 276 valence electrons. The van der Waals surface area contributed by atoms with E-state index in [0.717, 1.165) is 70.6 Å². The molecule has 0 saturated heterocycles. The molecule has 0 rings (SSSR count). The van der Waals surface area contributed by atoms with Gasteiger partial charge in [-0.05, 0) is 57.8 Å². The number of esters is 1. The molecule has 0 aromatic heterocycles. The van der Waals surface area contributed by atoms with E-state index in [1.165, 1.54) is 51.4 Å². The highest BCUT2D eigenvalue weighted by Gasteiger charge is 2.26. The van der Waals surface area contributed by atoms with Crippen LogP contribution >= 0.6 is 7.82 Å². The third-order valence-corrected chi connectivity index (χ3v) is 8.50. The lowest BCUT2D eigenvalue weighted by Crippen LogP contribution is -2.29. The fourth-order valence-corrected chi connectivity index (χ4v) is 5.43. The van der Waals surface area contributed by atoms with Crippen molar-refractivity contribution >= 4 is 13.8 Å². The Morgan fingerprint density at radius 1 is 0.660 bits per heavy atom. The molecule has 0 aliphatic heterocycles. The summed E-state index contributed by atoms with van der Waals surface area (Å²) in [6.07, 6.45) is 33.8. The van der Waals surface area contributed by atoms with Crippen molar-refractivity contribution < 1.29 is 43.0 Å². The van der Waals surface area contributed by atoms with Crippen LogP contribution in [0.1, 0.15) is 149 Å². The molecule has 3 unspecified atom stereocenters. The first-order chi connectivity index (χ1) is 22.8. The summed E-state index contributed by atoms with van der Waals surface area (Å²) < 4.78 is 33.2. The SMILES string of the molecule is CCCC/C=C\C/C=C\CCCCCCCC(=O)OC(COCCCCCCCC/C=C\CCCC)COP(=O)(O)OCC(O)CO. The number of hydrogen-bond donors (Lipinski definition) is 3. The van der Waals surface area contributed by atoms with Crippen molar-refractivity contribution in [3.8, 4) is 0 Å². The Labute approximate surface area is 286 Å². The van der Waals surface area contributed by atoms with E-state index in [4.69, 9.17) is 23.6 Å². The number of aliphatic hydroxyl groups is 2. The third-order valence-electron chi connectivity index (χ3n) is 7.55. The highest BCUT2D eigenvalue weighted by atomic mass is 31.2. The summed E-state index contributed by atoms with van der Waals surface area (Å²) in [7, 11) is -4.51. The van der Waals surface area contributed by atoms with Crippen molar-refractivity contribution in [3.05, 3.63) is 36.5 Å². The number of rotatable bonds is 35. The molecular weight excluding hydrogens is 619 g/mol. The van der Waals surface area contributed by atoms with E-state index >= 15 is 0 Å². The summed E-state index contributed by atoms with van der Waals surface area (Å²) in [4.78, 5) is 22.4. The first kappa shape index (κ1) is 45.7. The van der Waals surface area contributed by atoms with Gasteiger partial charge in [-0.25, -0.2) is 4.57 Å². The molecule has 0 aliphatic rings. The summed E-state index contributed by atoms with van der Waals surface area (Å²) in [5.41, 5.74) is 0. The van der Waals surface area contributed by atoms with Gasteiger partial charge in [-0.1, -0.05) is 121 Å². The first-order valence-electron chi connectivity index (χ1n) is 18.5. The van der Waals surface area contributed by atoms with Gasteiger partial charge in [0.25, 0.3) is 0 Å². The average molecular weight is 689 g/mol. The van der Waals surface area contributed by atoms with Crippen LogP contribution in [0.15, 0.2) is 36.5 Å². The molecule has 3 N–H and O–H groups in total.